The molecule has 3 aliphatic rings. The van der Waals surface area contributed by atoms with Crippen LogP contribution in [0.15, 0.2) is 36.0 Å². The molecule has 13 nitrogen and oxygen atoms in total. The van der Waals surface area contributed by atoms with E-state index in [0.717, 1.165) is 9.60 Å². The second kappa shape index (κ2) is 13.8. The first-order chi connectivity index (χ1) is 25.1. The van der Waals surface area contributed by atoms with Crippen molar-refractivity contribution in [1.29, 1.82) is 0 Å². The van der Waals surface area contributed by atoms with Crippen molar-refractivity contribution in [1.82, 2.24) is 19.8 Å². The number of amides is 5. The molecule has 1 saturated heterocycles. The summed E-state index contributed by atoms with van der Waals surface area (Å²) >= 11 is 1.39. The zero-order chi connectivity index (χ0) is 39.5. The predicted octanol–water partition coefficient (Wildman–Crippen LogP) is 7.33. The summed E-state index contributed by atoms with van der Waals surface area (Å²) in [6.07, 6.45) is -4.71. The Bertz CT molecular complexity index is 1970. The number of nitrogens with zero attached hydrogens (tertiary/aromatic N) is 5. The van der Waals surface area contributed by atoms with Crippen LogP contribution in [0.3, 0.4) is 0 Å². The largest absolute Gasteiger partial charge is 0.443 e. The minimum atomic E-state index is -4.72. The number of benzene rings is 1. The first-order valence-corrected chi connectivity index (χ1v) is 18.6. The predicted molar refractivity (Wildman–Crippen MR) is 193 cm³/mol. The van der Waals surface area contributed by atoms with E-state index in [1.807, 2.05) is 0 Å². The van der Waals surface area contributed by atoms with Gasteiger partial charge in [-0.2, -0.15) is 18.1 Å². The van der Waals surface area contributed by atoms with E-state index in [-0.39, 0.29) is 43.4 Å². The van der Waals surface area contributed by atoms with Crippen molar-refractivity contribution >= 4 is 63.0 Å². The van der Waals surface area contributed by atoms with Gasteiger partial charge in [-0.25, -0.2) is 19.6 Å². The second-order valence-electron chi connectivity index (χ2n) is 16.1. The van der Waals surface area contributed by atoms with Gasteiger partial charge in [0.15, 0.2) is 5.82 Å². The van der Waals surface area contributed by atoms with Crippen molar-refractivity contribution in [2.45, 2.75) is 110 Å². The molecule has 0 unspecified atom stereocenters. The first kappa shape index (κ1) is 38.9. The third-order valence-electron chi connectivity index (χ3n) is 9.43. The number of thiazole rings is 1. The number of aromatic nitrogens is 2. The molecule has 2 aromatic heterocycles. The Labute approximate surface area is 314 Å². The highest BCUT2D eigenvalue weighted by atomic mass is 32.1. The molecule has 3 aromatic rings. The summed E-state index contributed by atoms with van der Waals surface area (Å²) in [6.45, 7) is 11.0. The van der Waals surface area contributed by atoms with Gasteiger partial charge in [-0.15, -0.1) is 11.3 Å². The molecule has 5 amide bonds. The number of carbonyl (C=O) groups is 5. The van der Waals surface area contributed by atoms with Gasteiger partial charge in [0.1, 0.15) is 16.6 Å². The van der Waals surface area contributed by atoms with Gasteiger partial charge in [0, 0.05) is 24.7 Å². The first-order valence-electron chi connectivity index (χ1n) is 17.7. The van der Waals surface area contributed by atoms with Crippen LogP contribution in [-0.4, -0.2) is 86.2 Å². The molecule has 2 atom stereocenters. The molecule has 6 rings (SSSR count). The van der Waals surface area contributed by atoms with Crippen LogP contribution in [0.25, 0.3) is 10.2 Å². The van der Waals surface area contributed by atoms with E-state index in [1.165, 1.54) is 33.4 Å². The maximum absolute atomic E-state index is 14.0. The zero-order valence-electron chi connectivity index (χ0n) is 31.1. The summed E-state index contributed by atoms with van der Waals surface area (Å²) in [7, 11) is 0. The van der Waals surface area contributed by atoms with Crippen LogP contribution < -0.4 is 10.2 Å². The van der Waals surface area contributed by atoms with Crippen LogP contribution in [0.1, 0.15) is 97.2 Å². The molecule has 2 saturated carbocycles. The number of rotatable bonds is 5. The smallest absolute Gasteiger partial charge is 0.425 e. The number of anilines is 2. The summed E-state index contributed by atoms with van der Waals surface area (Å²) in [5.74, 6) is -3.22. The Balaban J connectivity index is 1.28. The number of ether oxygens (including phenoxy) is 2. The van der Waals surface area contributed by atoms with Crippen LogP contribution in [0.4, 0.5) is 34.3 Å². The van der Waals surface area contributed by atoms with Crippen molar-refractivity contribution in [2.75, 3.05) is 23.3 Å². The van der Waals surface area contributed by atoms with Gasteiger partial charge in [-0.3, -0.25) is 14.4 Å². The third-order valence-corrected chi connectivity index (χ3v) is 10.2. The van der Waals surface area contributed by atoms with Crippen LogP contribution in [0.2, 0.25) is 0 Å². The molecule has 290 valence electrons. The Kier molecular flexibility index (Phi) is 9.95. The lowest BCUT2D eigenvalue weighted by molar-refractivity contribution is -0.201. The molecule has 0 bridgehead atoms. The minimum absolute atomic E-state index is 0.0373. The highest BCUT2D eigenvalue weighted by molar-refractivity contribution is 7.16. The fourth-order valence-electron chi connectivity index (χ4n) is 6.47. The molecule has 1 N–H and O–H groups in total. The van der Waals surface area contributed by atoms with Crippen molar-refractivity contribution in [3.8, 4) is 0 Å². The van der Waals surface area contributed by atoms with Gasteiger partial charge < -0.3 is 24.6 Å². The zero-order valence-corrected chi connectivity index (χ0v) is 31.9. The highest BCUT2D eigenvalue weighted by Gasteiger charge is 2.70. The Morgan fingerprint density at radius 2 is 1.54 bits per heavy atom. The standard InChI is InChI=1S/C37H43F3N6O7S/c1-20-17-45(26(22-10-11-27-25(14-22)42-19-54-27)18-44(20)31(49)36(12-13-36)37(38,39)40)30(48)29(47)43-23-15-24(21-8-9-21)28(41-16-23)46(32(50)52-34(2,3)4)33(51)53-35(5,6)7/h10-11,14-16,19-21,26H,8-9,12-13,17-18H2,1-7H3,(H,43,47)/t20-,26-/m1/s1. The fraction of sp³-hybridized carbons (Fsp3) is 0.541. The molecule has 0 radical (unpaired) electrons. The van der Waals surface area contributed by atoms with E-state index >= 15 is 0 Å². The van der Waals surface area contributed by atoms with E-state index in [4.69, 9.17) is 9.47 Å². The summed E-state index contributed by atoms with van der Waals surface area (Å²) in [6, 6.07) is 4.93. The van der Waals surface area contributed by atoms with Crippen molar-refractivity contribution in [3.63, 3.8) is 0 Å². The maximum atomic E-state index is 14.0. The van der Waals surface area contributed by atoms with E-state index in [2.05, 4.69) is 15.3 Å². The van der Waals surface area contributed by atoms with Crippen molar-refractivity contribution < 1.29 is 46.6 Å². The SMILES string of the molecule is C[C@@H]1CN(C(=O)C(=O)Nc2cnc(N(C(=O)OC(C)(C)C)C(=O)OC(C)(C)C)c(C3CC3)c2)[C@@H](c2ccc3scnc3c2)CN1C(=O)C1(C(F)(F)F)CC1. The summed E-state index contributed by atoms with van der Waals surface area (Å²) in [4.78, 5) is 79.8. The maximum Gasteiger partial charge on any atom is 0.425 e. The van der Waals surface area contributed by atoms with Crippen LogP contribution in [0.5, 0.6) is 0 Å². The lowest BCUT2D eigenvalue weighted by atomic mass is 9.96. The van der Waals surface area contributed by atoms with Gasteiger partial charge in [-0.05, 0) is 104 Å². The van der Waals surface area contributed by atoms with Gasteiger partial charge in [0.05, 0.1) is 33.7 Å². The van der Waals surface area contributed by atoms with Gasteiger partial charge in [-0.1, -0.05) is 6.07 Å². The Morgan fingerprint density at radius 3 is 2.09 bits per heavy atom. The van der Waals surface area contributed by atoms with Crippen molar-refractivity contribution in [2.24, 2.45) is 5.41 Å². The van der Waals surface area contributed by atoms with E-state index < -0.39 is 64.8 Å². The average molecular weight is 773 g/mol. The van der Waals surface area contributed by atoms with Crippen molar-refractivity contribution in [3.05, 3.63) is 47.1 Å². The molecule has 2 aliphatic carbocycles. The molecule has 1 aromatic carbocycles. The number of hydrogen-bond acceptors (Lipinski definition) is 10. The Hall–Kier alpha value is -4.80. The number of piperazine rings is 1. The number of halogens is 3. The van der Waals surface area contributed by atoms with Gasteiger partial charge >= 0.3 is 30.2 Å². The topological polar surface area (TPSA) is 151 Å². The fourth-order valence-corrected chi connectivity index (χ4v) is 7.13. The second-order valence-corrected chi connectivity index (χ2v) is 17.0. The number of nitrogens with one attached hydrogen (secondary N) is 1. The Morgan fingerprint density at radius 1 is 0.907 bits per heavy atom. The quantitative estimate of drug-likeness (QED) is 0.263. The molecule has 17 heteroatoms. The normalized spacial score (nSPS) is 20.0. The number of pyridine rings is 1. The molecule has 3 heterocycles. The molecule has 54 heavy (non-hydrogen) atoms. The number of fused-ring (bicyclic) bond motifs is 1. The summed E-state index contributed by atoms with van der Waals surface area (Å²) in [5, 5.41) is 2.58. The highest BCUT2D eigenvalue weighted by Crippen LogP contribution is 2.59. The van der Waals surface area contributed by atoms with Gasteiger partial charge in [0.25, 0.3) is 0 Å². The van der Waals surface area contributed by atoms with E-state index in [0.29, 0.717) is 29.5 Å². The molecular formula is C37H43F3N6O7S. The molecule has 3 fully saturated rings. The summed E-state index contributed by atoms with van der Waals surface area (Å²) < 4.78 is 54.0. The minimum Gasteiger partial charge on any atom is -0.443 e. The van der Waals surface area contributed by atoms with Crippen LogP contribution >= 0.6 is 11.3 Å². The summed E-state index contributed by atoms with van der Waals surface area (Å²) in [5.41, 5.74) is -1.06. The lowest BCUT2D eigenvalue weighted by Gasteiger charge is -2.46. The molecular weight excluding hydrogens is 730 g/mol. The monoisotopic (exact) mass is 772 g/mol. The molecule has 0 spiro atoms. The van der Waals surface area contributed by atoms with Gasteiger partial charge in [0.2, 0.25) is 5.91 Å². The molecule has 1 aliphatic heterocycles. The number of imide groups is 1. The lowest BCUT2D eigenvalue weighted by Crippen LogP contribution is -2.60. The van der Waals surface area contributed by atoms with Crippen LogP contribution in [-0.2, 0) is 23.9 Å². The van der Waals surface area contributed by atoms with Crippen LogP contribution in [0, 0.1) is 5.41 Å². The number of hydrogen-bond donors (Lipinski definition) is 1. The third kappa shape index (κ3) is 8.00. The average Bonchev–Trinajstić information content (AvgIpc) is 3.99. The van der Waals surface area contributed by atoms with E-state index in [1.54, 1.807) is 72.2 Å². The number of alkyl halides is 3. The number of carbonyl (C=O) groups excluding carboxylic acids is 5. The van der Waals surface area contributed by atoms with E-state index in [9.17, 15) is 37.1 Å².